The molecular formula is C28H41N7O5. The summed E-state index contributed by atoms with van der Waals surface area (Å²) in [5.74, 6) is -1.72. The average molecular weight is 556 g/mol. The molecule has 0 unspecified atom stereocenters. The third-order valence-electron chi connectivity index (χ3n) is 6.97. The highest BCUT2D eigenvalue weighted by Crippen LogP contribution is 2.30. The average Bonchev–Trinajstić information content (AvgIpc) is 2.94. The standard InChI is InChI=1S/C28H41N7O5/c29-9-1-3-20(31)15-33-27(39)23-14-19-12-17(6-8-25(19)37)16-5-7-24(36)18(11-16)13-21(32)26(38)34-22(4-2-10-30)28(40)35-23/h5-8,11-12,20-23,36-37H,1-4,9-10,13-15,29-32H2,(H,33,39)(H,34,38)(H,35,40)/t20-,21-,22-,23-/m0/s1. The van der Waals surface area contributed by atoms with Gasteiger partial charge in [-0.25, -0.2) is 0 Å². The second-order valence-electron chi connectivity index (χ2n) is 10.2. The van der Waals surface area contributed by atoms with E-state index in [1.165, 1.54) is 12.1 Å². The molecule has 0 saturated heterocycles. The molecule has 1 aliphatic heterocycles. The van der Waals surface area contributed by atoms with Gasteiger partial charge in [-0.1, -0.05) is 12.1 Å². The molecule has 2 aromatic carbocycles. The van der Waals surface area contributed by atoms with Gasteiger partial charge in [0.2, 0.25) is 17.7 Å². The molecule has 2 aromatic rings. The first-order chi connectivity index (χ1) is 19.1. The highest BCUT2D eigenvalue weighted by atomic mass is 16.3. The predicted octanol–water partition coefficient (Wildman–Crippen LogP) is -0.918. The summed E-state index contributed by atoms with van der Waals surface area (Å²) in [6.07, 6.45) is 1.99. The van der Waals surface area contributed by atoms with E-state index < -0.39 is 35.8 Å². The van der Waals surface area contributed by atoms with Crippen molar-refractivity contribution >= 4 is 17.7 Å². The zero-order valence-electron chi connectivity index (χ0n) is 22.6. The second kappa shape index (κ2) is 14.6. The van der Waals surface area contributed by atoms with E-state index in [-0.39, 0.29) is 49.9 Å². The fraction of sp³-hybridized carbons (Fsp3) is 0.464. The number of rotatable bonds is 9. The fourth-order valence-corrected chi connectivity index (χ4v) is 4.59. The summed E-state index contributed by atoms with van der Waals surface area (Å²) in [5, 5.41) is 29.3. The molecule has 3 rings (SSSR count). The maximum Gasteiger partial charge on any atom is 0.243 e. The van der Waals surface area contributed by atoms with Crippen molar-refractivity contribution in [3.63, 3.8) is 0 Å². The van der Waals surface area contributed by atoms with Gasteiger partial charge in [0.1, 0.15) is 23.6 Å². The smallest absolute Gasteiger partial charge is 0.243 e. The van der Waals surface area contributed by atoms with Gasteiger partial charge < -0.3 is 49.1 Å². The molecular weight excluding hydrogens is 514 g/mol. The molecule has 12 heteroatoms. The summed E-state index contributed by atoms with van der Waals surface area (Å²) >= 11 is 0. The van der Waals surface area contributed by atoms with Gasteiger partial charge in [-0.3, -0.25) is 14.4 Å². The second-order valence-corrected chi connectivity index (χ2v) is 10.2. The van der Waals surface area contributed by atoms with Crippen molar-refractivity contribution < 1.29 is 24.6 Å². The Labute approximate surface area is 233 Å². The van der Waals surface area contributed by atoms with Crippen molar-refractivity contribution in [2.24, 2.45) is 22.9 Å². The van der Waals surface area contributed by atoms with Crippen LogP contribution >= 0.6 is 0 Å². The minimum absolute atomic E-state index is 0.0193. The first-order valence-electron chi connectivity index (χ1n) is 13.6. The Kier molecular flexibility index (Phi) is 11.3. The normalized spacial score (nSPS) is 20.4. The first kappa shape index (κ1) is 30.8. The lowest BCUT2D eigenvalue weighted by Crippen LogP contribution is -2.57. The molecule has 13 N–H and O–H groups in total. The first-order valence-corrected chi connectivity index (χ1v) is 13.6. The Morgan fingerprint density at radius 3 is 2.12 bits per heavy atom. The van der Waals surface area contributed by atoms with Crippen molar-refractivity contribution in [2.45, 2.75) is 62.7 Å². The molecule has 0 fully saturated rings. The zero-order chi connectivity index (χ0) is 29.2. The summed E-state index contributed by atoms with van der Waals surface area (Å²) in [5.41, 5.74) is 25.8. The Bertz CT molecular complexity index is 1190. The van der Waals surface area contributed by atoms with Gasteiger partial charge >= 0.3 is 0 Å². The van der Waals surface area contributed by atoms with Crippen LogP contribution in [0.2, 0.25) is 0 Å². The van der Waals surface area contributed by atoms with Crippen LogP contribution < -0.4 is 38.9 Å². The SMILES string of the molecule is NCCC[C@H](N)CNC(=O)[C@@H]1Cc2cc(ccc2O)-c2ccc(O)c(c2)C[C@H](N)C(=O)N[C@@H](CCCN)C(=O)N1. The van der Waals surface area contributed by atoms with Crippen molar-refractivity contribution in [3.8, 4) is 22.6 Å². The van der Waals surface area contributed by atoms with Crippen molar-refractivity contribution in [3.05, 3.63) is 47.5 Å². The highest BCUT2D eigenvalue weighted by molar-refractivity contribution is 5.93. The summed E-state index contributed by atoms with van der Waals surface area (Å²) in [6.45, 7) is 0.950. The van der Waals surface area contributed by atoms with Gasteiger partial charge in [0.15, 0.2) is 0 Å². The number of phenolic OH excluding ortho intramolecular Hbond substituents is 2. The van der Waals surface area contributed by atoms with Crippen LogP contribution in [0.25, 0.3) is 11.1 Å². The van der Waals surface area contributed by atoms with Gasteiger partial charge in [0, 0.05) is 25.4 Å². The molecule has 12 nitrogen and oxygen atoms in total. The summed E-state index contributed by atoms with van der Waals surface area (Å²) in [6, 6.07) is 6.42. The summed E-state index contributed by atoms with van der Waals surface area (Å²) in [7, 11) is 0. The molecule has 0 radical (unpaired) electrons. The Hall–Kier alpha value is -3.71. The van der Waals surface area contributed by atoms with Gasteiger partial charge in [-0.05, 0) is 85.3 Å². The quantitative estimate of drug-likeness (QED) is 0.186. The van der Waals surface area contributed by atoms with Crippen molar-refractivity contribution in [1.82, 2.24) is 16.0 Å². The number of hydrogen-bond donors (Lipinski definition) is 9. The number of fused-ring (bicyclic) bond motifs is 5. The molecule has 0 aliphatic carbocycles. The van der Waals surface area contributed by atoms with Crippen molar-refractivity contribution in [2.75, 3.05) is 19.6 Å². The van der Waals surface area contributed by atoms with Crippen LogP contribution in [0.1, 0.15) is 36.8 Å². The number of aromatic hydroxyl groups is 2. The molecule has 4 bridgehead atoms. The predicted molar refractivity (Wildman–Crippen MR) is 152 cm³/mol. The fourth-order valence-electron chi connectivity index (χ4n) is 4.59. The molecule has 0 spiro atoms. The van der Waals surface area contributed by atoms with E-state index in [1.54, 1.807) is 24.3 Å². The van der Waals surface area contributed by atoms with Gasteiger partial charge in [-0.2, -0.15) is 0 Å². The molecule has 218 valence electrons. The third-order valence-corrected chi connectivity index (χ3v) is 6.97. The lowest BCUT2D eigenvalue weighted by atomic mass is 9.95. The van der Waals surface area contributed by atoms with E-state index in [0.717, 1.165) is 0 Å². The van der Waals surface area contributed by atoms with Crippen LogP contribution in [-0.2, 0) is 27.2 Å². The minimum Gasteiger partial charge on any atom is -0.508 e. The van der Waals surface area contributed by atoms with Crippen LogP contribution in [0.4, 0.5) is 0 Å². The summed E-state index contributed by atoms with van der Waals surface area (Å²) in [4.78, 5) is 39.7. The number of carbonyl (C=O) groups excluding carboxylic acids is 3. The van der Waals surface area contributed by atoms with Crippen LogP contribution in [0.15, 0.2) is 36.4 Å². The van der Waals surface area contributed by atoms with Crippen molar-refractivity contribution in [1.29, 1.82) is 0 Å². The van der Waals surface area contributed by atoms with Crippen LogP contribution in [0.3, 0.4) is 0 Å². The molecule has 0 aromatic heterocycles. The Balaban J connectivity index is 2.01. The lowest BCUT2D eigenvalue weighted by Gasteiger charge is -2.25. The monoisotopic (exact) mass is 555 g/mol. The number of hydrogen-bond acceptors (Lipinski definition) is 9. The third kappa shape index (κ3) is 8.39. The molecule has 1 heterocycles. The van der Waals surface area contributed by atoms with E-state index in [4.69, 9.17) is 22.9 Å². The lowest BCUT2D eigenvalue weighted by molar-refractivity contribution is -0.132. The minimum atomic E-state index is -1.08. The molecule has 4 atom stereocenters. The summed E-state index contributed by atoms with van der Waals surface area (Å²) < 4.78 is 0. The number of nitrogens with one attached hydrogen (secondary N) is 3. The van der Waals surface area contributed by atoms with E-state index in [0.29, 0.717) is 48.1 Å². The maximum atomic E-state index is 13.4. The number of carbonyl (C=O) groups is 3. The van der Waals surface area contributed by atoms with E-state index in [9.17, 15) is 24.6 Å². The number of amides is 3. The van der Waals surface area contributed by atoms with E-state index >= 15 is 0 Å². The largest absolute Gasteiger partial charge is 0.508 e. The molecule has 1 aliphatic rings. The molecule has 40 heavy (non-hydrogen) atoms. The Morgan fingerprint density at radius 1 is 0.925 bits per heavy atom. The number of nitrogens with two attached hydrogens (primary N) is 4. The number of phenols is 2. The topological polar surface area (TPSA) is 232 Å². The van der Waals surface area contributed by atoms with Gasteiger partial charge in [-0.15, -0.1) is 0 Å². The van der Waals surface area contributed by atoms with Crippen LogP contribution in [-0.4, -0.2) is 71.7 Å². The van der Waals surface area contributed by atoms with Crippen LogP contribution in [0.5, 0.6) is 11.5 Å². The highest BCUT2D eigenvalue weighted by Gasteiger charge is 2.29. The van der Waals surface area contributed by atoms with Gasteiger partial charge in [0.05, 0.1) is 6.04 Å². The Morgan fingerprint density at radius 2 is 1.52 bits per heavy atom. The number of benzene rings is 2. The maximum absolute atomic E-state index is 13.4. The van der Waals surface area contributed by atoms with Gasteiger partial charge in [0.25, 0.3) is 0 Å². The zero-order valence-corrected chi connectivity index (χ0v) is 22.6. The van der Waals surface area contributed by atoms with E-state index in [2.05, 4.69) is 16.0 Å². The van der Waals surface area contributed by atoms with E-state index in [1.807, 2.05) is 0 Å². The van der Waals surface area contributed by atoms with Crippen LogP contribution in [0, 0.1) is 0 Å². The molecule has 0 saturated carbocycles. The molecule has 3 amide bonds.